The van der Waals surface area contributed by atoms with Gasteiger partial charge in [0.15, 0.2) is 0 Å². The predicted molar refractivity (Wildman–Crippen MR) is 66.8 cm³/mol. The molecule has 0 spiro atoms. The Kier molecular flexibility index (Phi) is 3.85. The van der Waals surface area contributed by atoms with Gasteiger partial charge in [-0.05, 0) is 44.5 Å². The molecule has 1 aliphatic heterocycles. The van der Waals surface area contributed by atoms with E-state index in [4.69, 9.17) is 16.3 Å². The fourth-order valence-electron chi connectivity index (χ4n) is 2.35. The quantitative estimate of drug-likeness (QED) is 0.875. The molecule has 0 bridgehead atoms. The second-order valence-electron chi connectivity index (χ2n) is 4.38. The normalized spacial score (nSPS) is 26.9. The standard InChI is InChI=1S/C13H18ClNO/c1-9-6-7-12(16-9)13(15-2)10-4-3-5-11(14)8-10/h3-5,8-9,12-13,15H,6-7H2,1-2H3. The Bertz CT molecular complexity index is 356. The number of hydrogen-bond donors (Lipinski definition) is 1. The van der Waals surface area contributed by atoms with Gasteiger partial charge in [-0.2, -0.15) is 0 Å². The first-order valence-electron chi connectivity index (χ1n) is 5.79. The molecule has 0 radical (unpaired) electrons. The molecule has 1 fully saturated rings. The van der Waals surface area contributed by atoms with Crippen LogP contribution in [0, 0.1) is 0 Å². The number of halogens is 1. The molecule has 0 aromatic heterocycles. The van der Waals surface area contributed by atoms with Crippen LogP contribution in [0.4, 0.5) is 0 Å². The summed E-state index contributed by atoms with van der Waals surface area (Å²) in [4.78, 5) is 0. The van der Waals surface area contributed by atoms with E-state index in [9.17, 15) is 0 Å². The predicted octanol–water partition coefficient (Wildman–Crippen LogP) is 3.17. The van der Waals surface area contributed by atoms with Crippen molar-refractivity contribution in [3.63, 3.8) is 0 Å². The summed E-state index contributed by atoms with van der Waals surface area (Å²) < 4.78 is 5.90. The van der Waals surface area contributed by atoms with E-state index in [1.165, 1.54) is 5.56 Å². The van der Waals surface area contributed by atoms with Crippen LogP contribution in [-0.4, -0.2) is 19.3 Å². The molecule has 1 aromatic rings. The summed E-state index contributed by atoms with van der Waals surface area (Å²) >= 11 is 6.01. The minimum absolute atomic E-state index is 0.239. The van der Waals surface area contributed by atoms with E-state index >= 15 is 0 Å². The molecular formula is C13H18ClNO. The Labute approximate surface area is 102 Å². The third-order valence-electron chi connectivity index (χ3n) is 3.16. The van der Waals surface area contributed by atoms with Crippen LogP contribution in [0.3, 0.4) is 0 Å². The van der Waals surface area contributed by atoms with Gasteiger partial charge in [0.2, 0.25) is 0 Å². The largest absolute Gasteiger partial charge is 0.373 e. The monoisotopic (exact) mass is 239 g/mol. The fraction of sp³-hybridized carbons (Fsp3) is 0.538. The van der Waals surface area contributed by atoms with Crippen molar-refractivity contribution in [2.75, 3.05) is 7.05 Å². The van der Waals surface area contributed by atoms with Crippen molar-refractivity contribution in [2.24, 2.45) is 0 Å². The first kappa shape index (κ1) is 11.9. The molecule has 0 aliphatic carbocycles. The SMILES string of the molecule is CNC(c1cccc(Cl)c1)C1CCC(C)O1. The average Bonchev–Trinajstić information content (AvgIpc) is 2.66. The summed E-state index contributed by atoms with van der Waals surface area (Å²) in [5, 5.41) is 4.11. The molecular weight excluding hydrogens is 222 g/mol. The highest BCUT2D eigenvalue weighted by Gasteiger charge is 2.29. The molecule has 3 unspecified atom stereocenters. The van der Waals surface area contributed by atoms with Crippen LogP contribution in [0.2, 0.25) is 5.02 Å². The van der Waals surface area contributed by atoms with Crippen LogP contribution in [0.5, 0.6) is 0 Å². The van der Waals surface area contributed by atoms with Gasteiger partial charge in [0, 0.05) is 5.02 Å². The van der Waals surface area contributed by atoms with Crippen molar-refractivity contribution in [1.29, 1.82) is 0 Å². The van der Waals surface area contributed by atoms with E-state index in [1.54, 1.807) is 0 Å². The van der Waals surface area contributed by atoms with Gasteiger partial charge in [-0.1, -0.05) is 23.7 Å². The Hall–Kier alpha value is -0.570. The lowest BCUT2D eigenvalue weighted by molar-refractivity contribution is 0.0333. The third-order valence-corrected chi connectivity index (χ3v) is 3.39. The second-order valence-corrected chi connectivity index (χ2v) is 4.82. The number of likely N-dealkylation sites (N-methyl/N-ethyl adjacent to an activating group) is 1. The van der Waals surface area contributed by atoms with Crippen molar-refractivity contribution >= 4 is 11.6 Å². The highest BCUT2D eigenvalue weighted by atomic mass is 35.5. The Balaban J connectivity index is 2.16. The lowest BCUT2D eigenvalue weighted by Gasteiger charge is -2.23. The van der Waals surface area contributed by atoms with Crippen LogP contribution in [0.15, 0.2) is 24.3 Å². The molecule has 0 saturated carbocycles. The van der Waals surface area contributed by atoms with E-state index in [0.29, 0.717) is 6.10 Å². The maximum absolute atomic E-state index is 6.01. The average molecular weight is 240 g/mol. The topological polar surface area (TPSA) is 21.3 Å². The molecule has 16 heavy (non-hydrogen) atoms. The second kappa shape index (κ2) is 5.17. The number of ether oxygens (including phenoxy) is 1. The van der Waals surface area contributed by atoms with Crippen molar-refractivity contribution < 1.29 is 4.74 Å². The van der Waals surface area contributed by atoms with Crippen molar-refractivity contribution in [2.45, 2.75) is 38.0 Å². The molecule has 1 saturated heterocycles. The summed E-state index contributed by atoms with van der Waals surface area (Å²) in [7, 11) is 1.97. The van der Waals surface area contributed by atoms with Gasteiger partial charge in [0.1, 0.15) is 0 Å². The summed E-state index contributed by atoms with van der Waals surface area (Å²) in [5.74, 6) is 0. The molecule has 2 nitrogen and oxygen atoms in total. The van der Waals surface area contributed by atoms with Crippen molar-refractivity contribution in [3.8, 4) is 0 Å². The summed E-state index contributed by atoms with van der Waals surface area (Å²) in [6.45, 7) is 2.13. The van der Waals surface area contributed by atoms with E-state index in [0.717, 1.165) is 17.9 Å². The van der Waals surface area contributed by atoms with Gasteiger partial charge in [-0.15, -0.1) is 0 Å². The van der Waals surface area contributed by atoms with Gasteiger partial charge in [0.25, 0.3) is 0 Å². The third kappa shape index (κ3) is 2.57. The molecule has 88 valence electrons. The minimum atomic E-state index is 0.239. The zero-order chi connectivity index (χ0) is 11.5. The number of benzene rings is 1. The van der Waals surface area contributed by atoms with Gasteiger partial charge in [-0.3, -0.25) is 0 Å². The van der Waals surface area contributed by atoms with Crippen LogP contribution in [-0.2, 0) is 4.74 Å². The molecule has 0 amide bonds. The number of nitrogens with one attached hydrogen (secondary N) is 1. The summed E-state index contributed by atoms with van der Waals surface area (Å²) in [6, 6.07) is 8.23. The van der Waals surface area contributed by atoms with E-state index in [2.05, 4.69) is 18.3 Å². The lowest BCUT2D eigenvalue weighted by Crippen LogP contribution is -2.29. The van der Waals surface area contributed by atoms with Gasteiger partial charge in [0.05, 0.1) is 18.2 Å². The summed E-state index contributed by atoms with van der Waals surface area (Å²) in [5.41, 5.74) is 1.20. The first-order valence-corrected chi connectivity index (χ1v) is 6.16. The molecule has 1 N–H and O–H groups in total. The number of hydrogen-bond acceptors (Lipinski definition) is 2. The molecule has 2 rings (SSSR count). The highest BCUT2D eigenvalue weighted by Crippen LogP contribution is 2.30. The minimum Gasteiger partial charge on any atom is -0.373 e. The van der Waals surface area contributed by atoms with Crippen LogP contribution in [0.25, 0.3) is 0 Å². The Morgan fingerprint density at radius 3 is 2.81 bits per heavy atom. The van der Waals surface area contributed by atoms with E-state index in [1.807, 2.05) is 25.2 Å². The van der Waals surface area contributed by atoms with E-state index < -0.39 is 0 Å². The maximum atomic E-state index is 6.01. The molecule has 1 aromatic carbocycles. The fourth-order valence-corrected chi connectivity index (χ4v) is 2.54. The zero-order valence-electron chi connectivity index (χ0n) is 9.74. The Morgan fingerprint density at radius 1 is 1.44 bits per heavy atom. The number of rotatable bonds is 3. The maximum Gasteiger partial charge on any atom is 0.0774 e. The van der Waals surface area contributed by atoms with Crippen LogP contribution in [0.1, 0.15) is 31.4 Å². The van der Waals surface area contributed by atoms with Crippen molar-refractivity contribution in [3.05, 3.63) is 34.9 Å². The van der Waals surface area contributed by atoms with Gasteiger partial charge in [-0.25, -0.2) is 0 Å². The van der Waals surface area contributed by atoms with Gasteiger partial charge >= 0.3 is 0 Å². The Morgan fingerprint density at radius 2 is 2.25 bits per heavy atom. The van der Waals surface area contributed by atoms with Gasteiger partial charge < -0.3 is 10.1 Å². The summed E-state index contributed by atoms with van der Waals surface area (Å²) in [6.07, 6.45) is 2.89. The molecule has 1 heterocycles. The van der Waals surface area contributed by atoms with Crippen molar-refractivity contribution in [1.82, 2.24) is 5.32 Å². The molecule has 3 heteroatoms. The first-order chi connectivity index (χ1) is 7.70. The lowest BCUT2D eigenvalue weighted by atomic mass is 9.99. The van der Waals surface area contributed by atoms with Crippen LogP contribution >= 0.6 is 11.6 Å². The van der Waals surface area contributed by atoms with E-state index in [-0.39, 0.29) is 12.1 Å². The smallest absolute Gasteiger partial charge is 0.0774 e. The molecule has 1 aliphatic rings. The zero-order valence-corrected chi connectivity index (χ0v) is 10.5. The highest BCUT2D eigenvalue weighted by molar-refractivity contribution is 6.30. The molecule has 3 atom stereocenters. The van der Waals surface area contributed by atoms with Crippen LogP contribution < -0.4 is 5.32 Å².